The Morgan fingerprint density at radius 3 is 1.40 bits per heavy atom. The molecule has 3 rings (SSSR count). The summed E-state index contributed by atoms with van der Waals surface area (Å²) in [5.74, 6) is -0.571. The van der Waals surface area contributed by atoms with Crippen LogP contribution in [-0.2, 0) is 14.3 Å². The van der Waals surface area contributed by atoms with Gasteiger partial charge >= 0.3 is 11.9 Å². The third kappa shape index (κ3) is 19.2. The fraction of sp³-hybridized carbons (Fsp3) is 0.281. The van der Waals surface area contributed by atoms with Crippen molar-refractivity contribution in [2.45, 2.75) is 38.5 Å². The Balaban J connectivity index is 0.000000681. The van der Waals surface area contributed by atoms with E-state index in [1.54, 1.807) is 12.1 Å². The fourth-order valence-corrected chi connectivity index (χ4v) is 3.29. The van der Waals surface area contributed by atoms with Gasteiger partial charge in [-0.1, -0.05) is 0 Å². The van der Waals surface area contributed by atoms with Crippen LogP contribution >= 0.6 is 37.2 Å². The van der Waals surface area contributed by atoms with E-state index in [2.05, 4.69) is 42.0 Å². The molecule has 0 aromatic heterocycles. The second kappa shape index (κ2) is 26.0. The molecule has 0 bridgehead atoms. The number of aliphatic carboxylic acids is 1. The Morgan fingerprint density at radius 2 is 1.04 bits per heavy atom. The van der Waals surface area contributed by atoms with Crippen LogP contribution in [-0.4, -0.2) is 76.7 Å². The molecule has 15 heteroatoms. The first-order chi connectivity index (χ1) is 22.5. The van der Waals surface area contributed by atoms with Gasteiger partial charge in [-0.05, 0) is 62.1 Å². The van der Waals surface area contributed by atoms with Crippen LogP contribution in [0.25, 0.3) is 0 Å². The molecule has 0 fully saturated rings. The highest BCUT2D eigenvalue weighted by atomic mass is 128. The monoisotopic (exact) mass is 882 g/mol. The standard InChI is InChI=1S/C13H16O5.C12H14O5.C7H6O3.I2/c1-17-13(16)4-2-3-7-18-11-6-5-10(9-14)12(15)8-11;13-8-9-4-5-10(7-11(9)14)17-6-2-1-3-12(15)16;8-4-5-1-2-6(9)3-7(5)10;1-2/h5-6,8-9,15H,2-4,7H2,1H3;4-5,7-8,14H,1-3,6H2,(H,15,16);1-4,9-10H;. The minimum absolute atomic E-state index is 0.0527. The van der Waals surface area contributed by atoms with Crippen molar-refractivity contribution in [1.29, 1.82) is 0 Å². The van der Waals surface area contributed by atoms with Crippen LogP contribution in [0.2, 0.25) is 0 Å². The van der Waals surface area contributed by atoms with Gasteiger partial charge in [-0.3, -0.25) is 24.0 Å². The molecule has 47 heavy (non-hydrogen) atoms. The number of carbonyl (C=O) groups is 5. The molecule has 3 aromatic rings. The first-order valence-corrected chi connectivity index (χ1v) is 20.0. The molecule has 0 saturated heterocycles. The third-order valence-electron chi connectivity index (χ3n) is 5.72. The molecule has 0 atom stereocenters. The first kappa shape index (κ1) is 42.9. The predicted octanol–water partition coefficient (Wildman–Crippen LogP) is 6.45. The second-order valence-electron chi connectivity index (χ2n) is 9.12. The lowest BCUT2D eigenvalue weighted by Crippen LogP contribution is -2.02. The molecule has 0 aliphatic rings. The van der Waals surface area contributed by atoms with Gasteiger partial charge in [0, 0.05) is 68.3 Å². The number of phenols is 4. The first-order valence-electron chi connectivity index (χ1n) is 13.8. The number of carboxylic acids is 1. The highest BCUT2D eigenvalue weighted by Crippen LogP contribution is 2.23. The van der Waals surface area contributed by atoms with Gasteiger partial charge in [0.05, 0.1) is 37.0 Å². The summed E-state index contributed by atoms with van der Waals surface area (Å²) in [6.45, 7) is 0.823. The molecule has 0 unspecified atom stereocenters. The number of hydrogen-bond acceptors (Lipinski definition) is 12. The lowest BCUT2D eigenvalue weighted by atomic mass is 10.2. The number of ether oxygens (including phenoxy) is 3. The van der Waals surface area contributed by atoms with Gasteiger partial charge in [0.15, 0.2) is 18.9 Å². The second-order valence-corrected chi connectivity index (χ2v) is 9.12. The predicted molar refractivity (Wildman–Crippen MR) is 189 cm³/mol. The van der Waals surface area contributed by atoms with Crippen molar-refractivity contribution >= 4 is 68.0 Å². The van der Waals surface area contributed by atoms with Gasteiger partial charge in [0.1, 0.15) is 34.5 Å². The van der Waals surface area contributed by atoms with Crippen molar-refractivity contribution in [2.24, 2.45) is 0 Å². The Morgan fingerprint density at radius 1 is 0.638 bits per heavy atom. The molecule has 0 radical (unpaired) electrons. The van der Waals surface area contributed by atoms with E-state index in [0.717, 1.165) is 6.07 Å². The van der Waals surface area contributed by atoms with Crippen LogP contribution < -0.4 is 9.47 Å². The summed E-state index contributed by atoms with van der Waals surface area (Å²) in [6.07, 6.45) is 4.73. The van der Waals surface area contributed by atoms with E-state index in [-0.39, 0.29) is 52.1 Å². The normalized spacial score (nSPS) is 9.43. The molecule has 0 saturated carbocycles. The van der Waals surface area contributed by atoms with Crippen molar-refractivity contribution in [3.05, 3.63) is 71.3 Å². The number of aldehydes is 3. The number of methoxy groups -OCH3 is 1. The number of esters is 1. The number of hydrogen-bond donors (Lipinski definition) is 5. The highest BCUT2D eigenvalue weighted by molar-refractivity contribution is 15.0. The van der Waals surface area contributed by atoms with Crippen molar-refractivity contribution in [3.8, 4) is 34.5 Å². The number of benzene rings is 3. The topological polar surface area (TPSA) is 214 Å². The molecule has 3 aromatic carbocycles. The fourth-order valence-electron chi connectivity index (χ4n) is 3.29. The number of carboxylic acid groups (broad SMARTS) is 1. The SMILES string of the molecule is COC(=O)CCCCOc1ccc(C=O)c(O)c1.II.O=Cc1ccc(O)cc1O.O=Cc1ccc(OCCCCC(=O)O)cc1O. The van der Waals surface area contributed by atoms with Crippen LogP contribution in [0.1, 0.15) is 69.6 Å². The zero-order chi connectivity index (χ0) is 35.6. The van der Waals surface area contributed by atoms with Crippen molar-refractivity contribution < 1.29 is 63.7 Å². The summed E-state index contributed by atoms with van der Waals surface area (Å²) in [5.41, 5.74) is 0.620. The molecule has 256 valence electrons. The van der Waals surface area contributed by atoms with Crippen LogP contribution in [0, 0.1) is 0 Å². The van der Waals surface area contributed by atoms with E-state index < -0.39 is 5.97 Å². The Bertz CT molecular complexity index is 1410. The molecule has 0 aliphatic carbocycles. The largest absolute Gasteiger partial charge is 0.508 e. The summed E-state index contributed by atoms with van der Waals surface area (Å²) in [7, 11) is 1.36. The smallest absolute Gasteiger partial charge is 0.305 e. The minimum atomic E-state index is -0.821. The van der Waals surface area contributed by atoms with E-state index in [1.165, 1.54) is 43.5 Å². The van der Waals surface area contributed by atoms with Gasteiger partial charge in [-0.2, -0.15) is 0 Å². The van der Waals surface area contributed by atoms with Gasteiger partial charge in [-0.15, -0.1) is 0 Å². The quantitative estimate of drug-likeness (QED) is 0.0481. The number of rotatable bonds is 15. The van der Waals surface area contributed by atoms with Gasteiger partial charge in [0.25, 0.3) is 0 Å². The summed E-state index contributed by atoms with van der Waals surface area (Å²) >= 11 is 4.24. The minimum Gasteiger partial charge on any atom is -0.508 e. The lowest BCUT2D eigenvalue weighted by Gasteiger charge is -2.07. The van der Waals surface area contributed by atoms with Crippen molar-refractivity contribution in [2.75, 3.05) is 20.3 Å². The average molecular weight is 882 g/mol. The Kier molecular flexibility index (Phi) is 23.7. The van der Waals surface area contributed by atoms with Crippen LogP contribution in [0.15, 0.2) is 54.6 Å². The zero-order valence-electron chi connectivity index (χ0n) is 25.3. The van der Waals surface area contributed by atoms with E-state index >= 15 is 0 Å². The number of halogens is 2. The highest BCUT2D eigenvalue weighted by Gasteiger charge is 2.04. The lowest BCUT2D eigenvalue weighted by molar-refractivity contribution is -0.141. The molecule has 5 N–H and O–H groups in total. The molecule has 0 spiro atoms. The van der Waals surface area contributed by atoms with Crippen LogP contribution in [0.5, 0.6) is 34.5 Å². The molecule has 0 aliphatic heterocycles. The maximum atomic E-state index is 10.8. The third-order valence-corrected chi connectivity index (χ3v) is 5.72. The molecule has 0 heterocycles. The van der Waals surface area contributed by atoms with E-state index in [1.807, 2.05) is 0 Å². The van der Waals surface area contributed by atoms with Crippen molar-refractivity contribution in [1.82, 2.24) is 0 Å². The number of phenolic OH excluding ortho intramolecular Hbond substituents is 4. The molecular weight excluding hydrogens is 846 g/mol. The Labute approximate surface area is 294 Å². The zero-order valence-corrected chi connectivity index (χ0v) is 29.7. The summed E-state index contributed by atoms with van der Waals surface area (Å²) < 4.78 is 15.2. The molecular formula is C32H36I2O13. The van der Waals surface area contributed by atoms with Crippen LogP contribution in [0.3, 0.4) is 0 Å². The van der Waals surface area contributed by atoms with Gasteiger partial charge in [0.2, 0.25) is 0 Å². The number of carbonyl (C=O) groups excluding carboxylic acids is 4. The number of aromatic hydroxyl groups is 4. The van der Waals surface area contributed by atoms with Gasteiger partial charge in [-0.25, -0.2) is 0 Å². The van der Waals surface area contributed by atoms with Crippen molar-refractivity contribution in [3.63, 3.8) is 0 Å². The van der Waals surface area contributed by atoms with E-state index in [4.69, 9.17) is 24.8 Å². The summed E-state index contributed by atoms with van der Waals surface area (Å²) in [5, 5.41) is 44.9. The number of unbranched alkanes of at least 4 members (excludes halogenated alkanes) is 2. The summed E-state index contributed by atoms with van der Waals surface area (Å²) in [4.78, 5) is 52.1. The Hall–Kier alpha value is -4.13. The van der Waals surface area contributed by atoms with E-state index in [0.29, 0.717) is 75.7 Å². The van der Waals surface area contributed by atoms with E-state index in [9.17, 15) is 34.2 Å². The average Bonchev–Trinajstić information content (AvgIpc) is 3.06. The van der Waals surface area contributed by atoms with Crippen LogP contribution in [0.4, 0.5) is 0 Å². The molecule has 13 nitrogen and oxygen atoms in total. The van der Waals surface area contributed by atoms with Gasteiger partial charge < -0.3 is 39.7 Å². The summed E-state index contributed by atoms with van der Waals surface area (Å²) in [6, 6.07) is 12.7. The maximum absolute atomic E-state index is 10.8. The maximum Gasteiger partial charge on any atom is 0.305 e. The molecule has 0 amide bonds.